The molecule has 7 heteroatoms. The summed E-state index contributed by atoms with van der Waals surface area (Å²) in [5.41, 5.74) is 0.202. The van der Waals surface area contributed by atoms with E-state index in [0.29, 0.717) is 17.0 Å². The predicted octanol–water partition coefficient (Wildman–Crippen LogP) is 2.40. The number of carbonyl (C=O) groups is 2. The fraction of sp³-hybridized carbons (Fsp3) is 0.364. The third-order valence-electron chi connectivity index (χ3n) is 5.12. The highest BCUT2D eigenvalue weighted by Gasteiger charge is 2.67. The van der Waals surface area contributed by atoms with Gasteiger partial charge in [0.15, 0.2) is 6.10 Å². The van der Waals surface area contributed by atoms with Crippen LogP contribution in [-0.2, 0) is 19.1 Å². The number of carbonyl (C=O) groups excluding carboxylic acids is 2. The van der Waals surface area contributed by atoms with Gasteiger partial charge in [-0.3, -0.25) is 9.69 Å². The molecule has 0 radical (unpaired) electrons. The highest BCUT2D eigenvalue weighted by Crippen LogP contribution is 2.49. The molecule has 0 saturated carbocycles. The van der Waals surface area contributed by atoms with Gasteiger partial charge in [-0.05, 0) is 43.7 Å². The van der Waals surface area contributed by atoms with Gasteiger partial charge in [0.25, 0.3) is 5.91 Å². The van der Waals surface area contributed by atoms with Gasteiger partial charge < -0.3 is 19.3 Å². The summed E-state index contributed by atoms with van der Waals surface area (Å²) >= 11 is 0. The number of methoxy groups -OCH3 is 2. The maximum absolute atomic E-state index is 13.2. The van der Waals surface area contributed by atoms with E-state index >= 15 is 0 Å². The normalized spacial score (nSPS) is 22.0. The number of nitrogens with zero attached hydrogens (tertiary/aromatic N) is 1. The van der Waals surface area contributed by atoms with Gasteiger partial charge in [-0.1, -0.05) is 29.8 Å². The molecule has 1 heterocycles. The molecule has 1 fully saturated rings. The third kappa shape index (κ3) is 3.47. The van der Waals surface area contributed by atoms with Crippen LogP contribution in [0.25, 0.3) is 0 Å². The summed E-state index contributed by atoms with van der Waals surface area (Å²) in [4.78, 5) is 27.0. The lowest BCUT2D eigenvalue weighted by Gasteiger charge is -2.54. The minimum Gasteiger partial charge on any atom is -0.497 e. The van der Waals surface area contributed by atoms with Crippen LogP contribution in [0.15, 0.2) is 48.5 Å². The van der Waals surface area contributed by atoms with E-state index in [4.69, 9.17) is 14.2 Å². The van der Waals surface area contributed by atoms with Crippen molar-refractivity contribution in [3.8, 4) is 5.75 Å². The summed E-state index contributed by atoms with van der Waals surface area (Å²) < 4.78 is 15.4. The zero-order valence-electron chi connectivity index (χ0n) is 16.9. The number of amides is 1. The third-order valence-corrected chi connectivity index (χ3v) is 5.12. The summed E-state index contributed by atoms with van der Waals surface area (Å²) in [7, 11) is 2.83. The quantitative estimate of drug-likeness (QED) is 0.569. The average Bonchev–Trinajstić information content (AvgIpc) is 2.73. The van der Waals surface area contributed by atoms with Gasteiger partial charge in [-0.15, -0.1) is 0 Å². The number of anilines is 1. The van der Waals surface area contributed by atoms with Crippen molar-refractivity contribution in [3.05, 3.63) is 59.7 Å². The molecule has 0 unspecified atom stereocenters. The van der Waals surface area contributed by atoms with Crippen molar-refractivity contribution < 1.29 is 28.9 Å². The molecule has 29 heavy (non-hydrogen) atoms. The molecule has 2 aromatic carbocycles. The smallest absolute Gasteiger partial charge is 0.338 e. The fourth-order valence-corrected chi connectivity index (χ4v) is 3.65. The zero-order valence-corrected chi connectivity index (χ0v) is 16.9. The minimum absolute atomic E-state index is 0.111. The first-order valence-corrected chi connectivity index (χ1v) is 9.34. The van der Waals surface area contributed by atoms with Gasteiger partial charge in [0.1, 0.15) is 11.8 Å². The Balaban J connectivity index is 2.06. The van der Waals surface area contributed by atoms with Crippen LogP contribution >= 0.6 is 0 Å². The predicted molar refractivity (Wildman–Crippen MR) is 107 cm³/mol. The first-order chi connectivity index (χ1) is 13.9. The number of aryl methyl sites for hydroxylation is 1. The van der Waals surface area contributed by atoms with Gasteiger partial charge in [0.05, 0.1) is 13.7 Å². The lowest BCUT2D eigenvalue weighted by atomic mass is 9.73. The second-order valence-corrected chi connectivity index (χ2v) is 6.88. The van der Waals surface area contributed by atoms with E-state index in [1.54, 1.807) is 38.3 Å². The Morgan fingerprint density at radius 2 is 1.76 bits per heavy atom. The fourth-order valence-electron chi connectivity index (χ4n) is 3.65. The molecule has 3 rings (SSSR count). The van der Waals surface area contributed by atoms with E-state index in [-0.39, 0.29) is 6.61 Å². The van der Waals surface area contributed by atoms with Gasteiger partial charge in [-0.25, -0.2) is 4.79 Å². The Bertz CT molecular complexity index is 879. The maximum atomic E-state index is 13.2. The topological polar surface area (TPSA) is 85.3 Å². The van der Waals surface area contributed by atoms with Crippen LogP contribution in [0.1, 0.15) is 24.1 Å². The highest BCUT2D eigenvalue weighted by molar-refractivity contribution is 6.11. The second-order valence-electron chi connectivity index (χ2n) is 6.88. The number of β-lactam (4-membered cyclic amide) rings is 1. The second kappa shape index (κ2) is 8.23. The molecule has 7 nitrogen and oxygen atoms in total. The Hall–Kier alpha value is -2.90. The Kier molecular flexibility index (Phi) is 5.91. The van der Waals surface area contributed by atoms with Crippen molar-refractivity contribution in [2.24, 2.45) is 0 Å². The summed E-state index contributed by atoms with van der Waals surface area (Å²) in [5.74, 6) is -0.768. The molecular weight excluding hydrogens is 374 g/mol. The van der Waals surface area contributed by atoms with Gasteiger partial charge in [-0.2, -0.15) is 0 Å². The minimum atomic E-state index is -2.09. The standard InChI is InChI=1S/C22H25NO6/c1-5-29-20(24)19(28-4)22(26)18(15-8-6-14(2)7-9-15)23(21(22)25)16-10-12-17(27-3)13-11-16/h6-13,18-19,26H,5H2,1-4H3/t18-,19+,22-/m0/s1. The van der Waals surface area contributed by atoms with Crippen molar-refractivity contribution in [3.63, 3.8) is 0 Å². The van der Waals surface area contributed by atoms with Crippen molar-refractivity contribution in [2.75, 3.05) is 25.7 Å². The van der Waals surface area contributed by atoms with Gasteiger partial charge >= 0.3 is 5.97 Å². The molecule has 0 bridgehead atoms. The molecule has 3 atom stereocenters. The molecular formula is C22H25NO6. The lowest BCUT2D eigenvalue weighted by molar-refractivity contribution is -0.193. The van der Waals surface area contributed by atoms with Crippen LogP contribution in [0.2, 0.25) is 0 Å². The van der Waals surface area contributed by atoms with Crippen LogP contribution in [0.5, 0.6) is 5.75 Å². The number of rotatable bonds is 7. The molecule has 154 valence electrons. The Morgan fingerprint density at radius 3 is 2.28 bits per heavy atom. The van der Waals surface area contributed by atoms with E-state index < -0.39 is 29.6 Å². The lowest BCUT2D eigenvalue weighted by Crippen LogP contribution is -2.75. The van der Waals surface area contributed by atoms with Crippen LogP contribution in [0, 0.1) is 6.92 Å². The molecule has 2 aromatic rings. The zero-order chi connectivity index (χ0) is 21.2. The number of benzene rings is 2. The van der Waals surface area contributed by atoms with E-state index in [0.717, 1.165) is 5.56 Å². The highest BCUT2D eigenvalue weighted by atomic mass is 16.6. The SMILES string of the molecule is CCOC(=O)[C@@H](OC)[C@]1(O)C(=O)N(c2ccc(OC)cc2)[C@H]1c1ccc(C)cc1. The van der Waals surface area contributed by atoms with Crippen LogP contribution in [-0.4, -0.2) is 49.5 Å². The van der Waals surface area contributed by atoms with E-state index in [2.05, 4.69) is 0 Å². The molecule has 0 spiro atoms. The molecule has 1 N–H and O–H groups in total. The number of aliphatic hydroxyl groups is 1. The first kappa shape index (κ1) is 20.8. The average molecular weight is 399 g/mol. The Labute approximate surface area is 169 Å². The molecule has 0 aliphatic carbocycles. The number of esters is 1. The van der Waals surface area contributed by atoms with Crippen LogP contribution in [0.3, 0.4) is 0 Å². The number of ether oxygens (including phenoxy) is 3. The number of hydrogen-bond donors (Lipinski definition) is 1. The van der Waals surface area contributed by atoms with Crippen LogP contribution in [0.4, 0.5) is 5.69 Å². The van der Waals surface area contributed by atoms with E-state index in [1.807, 2.05) is 31.2 Å². The van der Waals surface area contributed by atoms with Crippen LogP contribution < -0.4 is 9.64 Å². The maximum Gasteiger partial charge on any atom is 0.338 e. The summed E-state index contributed by atoms with van der Waals surface area (Å²) in [6, 6.07) is 13.5. The largest absolute Gasteiger partial charge is 0.497 e. The van der Waals surface area contributed by atoms with Crippen molar-refractivity contribution in [2.45, 2.75) is 31.6 Å². The molecule has 0 aromatic heterocycles. The molecule has 1 aliphatic heterocycles. The molecule has 1 amide bonds. The van der Waals surface area contributed by atoms with Crippen molar-refractivity contribution in [1.29, 1.82) is 0 Å². The molecule has 1 aliphatic rings. The molecule has 1 saturated heterocycles. The Morgan fingerprint density at radius 1 is 1.14 bits per heavy atom. The van der Waals surface area contributed by atoms with Crippen molar-refractivity contribution >= 4 is 17.6 Å². The summed E-state index contributed by atoms with van der Waals surface area (Å²) in [5, 5.41) is 11.4. The summed E-state index contributed by atoms with van der Waals surface area (Å²) in [6.45, 7) is 3.71. The van der Waals surface area contributed by atoms with Gasteiger partial charge in [0.2, 0.25) is 5.60 Å². The first-order valence-electron chi connectivity index (χ1n) is 9.34. The monoisotopic (exact) mass is 399 g/mol. The van der Waals surface area contributed by atoms with E-state index in [1.165, 1.54) is 12.0 Å². The van der Waals surface area contributed by atoms with Crippen molar-refractivity contribution in [1.82, 2.24) is 0 Å². The number of hydrogen-bond acceptors (Lipinski definition) is 6. The van der Waals surface area contributed by atoms with Gasteiger partial charge in [0, 0.05) is 12.8 Å². The van der Waals surface area contributed by atoms with E-state index in [9.17, 15) is 14.7 Å². The summed E-state index contributed by atoms with van der Waals surface area (Å²) in [6.07, 6.45) is -1.45.